The molecule has 0 fully saturated rings. The van der Waals surface area contributed by atoms with Crippen LogP contribution in [0.1, 0.15) is 15.9 Å². The van der Waals surface area contributed by atoms with E-state index in [4.69, 9.17) is 9.47 Å². The van der Waals surface area contributed by atoms with Crippen LogP contribution >= 0.6 is 0 Å². The lowest BCUT2D eigenvalue weighted by atomic mass is 10.1. The van der Waals surface area contributed by atoms with Gasteiger partial charge in [-0.25, -0.2) is 22.8 Å². The first-order valence-corrected chi connectivity index (χ1v) is 11.2. The minimum atomic E-state index is -3.34. The number of ether oxygens (including phenoxy) is 2. The summed E-state index contributed by atoms with van der Waals surface area (Å²) in [6.45, 7) is -0.181. The lowest BCUT2D eigenvalue weighted by Gasteiger charge is -2.12. The summed E-state index contributed by atoms with van der Waals surface area (Å²) in [6.07, 6.45) is 3.89. The van der Waals surface area contributed by atoms with E-state index in [1.807, 2.05) is 0 Å². The van der Waals surface area contributed by atoms with Crippen LogP contribution in [0.2, 0.25) is 0 Å². The second-order valence-corrected chi connectivity index (χ2v) is 8.70. The molecule has 11 heteroatoms. The van der Waals surface area contributed by atoms with Crippen LogP contribution in [0.5, 0.6) is 11.5 Å². The third-order valence-electron chi connectivity index (χ3n) is 4.36. The molecule has 0 aliphatic rings. The number of aromatic nitrogens is 2. The fraction of sp³-hybridized carbons (Fsp3) is 0.190. The molecule has 0 spiro atoms. The summed E-state index contributed by atoms with van der Waals surface area (Å²) in [5.74, 6) is -0.605. The van der Waals surface area contributed by atoms with Crippen molar-refractivity contribution in [2.75, 3.05) is 25.7 Å². The van der Waals surface area contributed by atoms with Gasteiger partial charge < -0.3 is 20.1 Å². The second-order valence-electron chi connectivity index (χ2n) is 6.69. The summed E-state index contributed by atoms with van der Waals surface area (Å²) in [7, 11) is -0.564. The van der Waals surface area contributed by atoms with Gasteiger partial charge >= 0.3 is 0 Å². The number of benzene rings is 2. The zero-order chi connectivity index (χ0) is 23.3. The van der Waals surface area contributed by atoms with Crippen LogP contribution in [0.4, 0.5) is 16.0 Å². The molecule has 2 aromatic carbocycles. The Hall–Kier alpha value is -3.73. The minimum absolute atomic E-state index is 0.0724. The van der Waals surface area contributed by atoms with Crippen LogP contribution in [0.3, 0.4) is 0 Å². The van der Waals surface area contributed by atoms with Crippen molar-refractivity contribution >= 4 is 27.4 Å². The molecule has 9 nitrogen and oxygen atoms in total. The van der Waals surface area contributed by atoms with E-state index in [0.717, 1.165) is 6.26 Å². The number of sulfone groups is 1. The lowest BCUT2D eigenvalue weighted by molar-refractivity contribution is 0.0962. The van der Waals surface area contributed by atoms with E-state index < -0.39 is 15.7 Å². The van der Waals surface area contributed by atoms with Crippen LogP contribution in [-0.2, 0) is 16.4 Å². The molecule has 3 aromatic rings. The van der Waals surface area contributed by atoms with Crippen LogP contribution in [0.15, 0.2) is 53.7 Å². The molecule has 0 aliphatic carbocycles. The normalized spacial score (nSPS) is 11.0. The average molecular weight is 460 g/mol. The van der Waals surface area contributed by atoms with Crippen molar-refractivity contribution in [2.45, 2.75) is 11.5 Å². The van der Waals surface area contributed by atoms with E-state index in [0.29, 0.717) is 5.69 Å². The van der Waals surface area contributed by atoms with Gasteiger partial charge in [-0.2, -0.15) is 0 Å². The lowest BCUT2D eigenvalue weighted by Crippen LogP contribution is -2.18. The number of carbonyl (C=O) groups is 1. The molecule has 0 unspecified atom stereocenters. The first kappa shape index (κ1) is 22.9. The molecule has 2 N–H and O–H groups in total. The summed E-state index contributed by atoms with van der Waals surface area (Å²) in [5, 5.41) is 5.38. The van der Waals surface area contributed by atoms with Gasteiger partial charge in [0.1, 0.15) is 6.61 Å². The van der Waals surface area contributed by atoms with Crippen LogP contribution < -0.4 is 20.1 Å². The van der Waals surface area contributed by atoms with Gasteiger partial charge in [-0.15, -0.1) is 0 Å². The van der Waals surface area contributed by atoms with Crippen LogP contribution in [-0.4, -0.2) is 44.7 Å². The number of nitrogens with one attached hydrogen (secondary N) is 2. The van der Waals surface area contributed by atoms with Crippen LogP contribution in [0, 0.1) is 5.82 Å². The predicted molar refractivity (Wildman–Crippen MR) is 116 cm³/mol. The van der Waals surface area contributed by atoms with Gasteiger partial charge in [0, 0.05) is 30.1 Å². The highest BCUT2D eigenvalue weighted by molar-refractivity contribution is 7.90. The smallest absolute Gasteiger partial charge is 0.251 e. The number of nitrogens with zero attached hydrogens (tertiary/aromatic N) is 2. The number of methoxy groups -OCH3 is 1. The predicted octanol–water partition coefficient (Wildman–Crippen LogP) is 2.71. The first-order valence-electron chi connectivity index (χ1n) is 9.31. The van der Waals surface area contributed by atoms with Gasteiger partial charge in [0.25, 0.3) is 5.91 Å². The standard InChI is InChI=1S/C21H21FN4O5S/c1-23-20(27)13-7-14(19(22)18(8-13)30-2)12-31-16-10-24-21(25-11-16)26-15-5-4-6-17(9-15)32(3,28)29/h4-11H,12H2,1-3H3,(H,23,27)(H,24,25,26). The highest BCUT2D eigenvalue weighted by atomic mass is 32.2. The summed E-state index contributed by atoms with van der Waals surface area (Å²) < 4.78 is 48.4. The Morgan fingerprint density at radius 2 is 1.88 bits per heavy atom. The van der Waals surface area contributed by atoms with Crippen molar-refractivity contribution in [3.05, 3.63) is 65.7 Å². The van der Waals surface area contributed by atoms with E-state index in [1.165, 1.54) is 50.8 Å². The molecule has 0 saturated heterocycles. The van der Waals surface area contributed by atoms with Gasteiger partial charge in [-0.05, 0) is 30.3 Å². The third kappa shape index (κ3) is 5.49. The molecular formula is C21H21FN4O5S. The van der Waals surface area contributed by atoms with E-state index in [-0.39, 0.29) is 46.0 Å². The maximum atomic E-state index is 14.5. The van der Waals surface area contributed by atoms with Crippen LogP contribution in [0.25, 0.3) is 0 Å². The van der Waals surface area contributed by atoms with Gasteiger partial charge in [0.15, 0.2) is 27.2 Å². The Kier molecular flexibility index (Phi) is 6.89. The van der Waals surface area contributed by atoms with E-state index in [1.54, 1.807) is 12.1 Å². The van der Waals surface area contributed by atoms with Gasteiger partial charge in [0.05, 0.1) is 24.4 Å². The van der Waals surface area contributed by atoms with Gasteiger partial charge in [0.2, 0.25) is 5.95 Å². The monoisotopic (exact) mass is 460 g/mol. The molecule has 1 heterocycles. The molecule has 0 saturated carbocycles. The van der Waals surface area contributed by atoms with Crippen molar-refractivity contribution in [3.8, 4) is 11.5 Å². The first-order chi connectivity index (χ1) is 15.2. The van der Waals surface area contributed by atoms with E-state index in [9.17, 15) is 17.6 Å². The number of rotatable bonds is 8. The molecule has 1 amide bonds. The van der Waals surface area contributed by atoms with Crippen molar-refractivity contribution in [1.82, 2.24) is 15.3 Å². The SMILES string of the molecule is CNC(=O)c1cc(COc2cnc(Nc3cccc(S(C)(=O)=O)c3)nc2)c(F)c(OC)c1. The summed E-state index contributed by atoms with van der Waals surface area (Å²) >= 11 is 0. The molecule has 0 aliphatic heterocycles. The number of carbonyl (C=O) groups excluding carboxylic acids is 1. The topological polar surface area (TPSA) is 120 Å². The zero-order valence-electron chi connectivity index (χ0n) is 17.5. The van der Waals surface area contributed by atoms with E-state index in [2.05, 4.69) is 20.6 Å². The molecular weight excluding hydrogens is 439 g/mol. The van der Waals surface area contributed by atoms with Crippen molar-refractivity contribution in [3.63, 3.8) is 0 Å². The molecule has 32 heavy (non-hydrogen) atoms. The molecule has 168 valence electrons. The molecule has 3 rings (SSSR count). The maximum absolute atomic E-state index is 14.5. The zero-order valence-corrected chi connectivity index (χ0v) is 18.4. The maximum Gasteiger partial charge on any atom is 0.251 e. The van der Waals surface area contributed by atoms with Crippen molar-refractivity contribution in [2.24, 2.45) is 0 Å². The number of hydrogen-bond donors (Lipinski definition) is 2. The largest absolute Gasteiger partial charge is 0.494 e. The number of amides is 1. The van der Waals surface area contributed by atoms with Crippen molar-refractivity contribution < 1.29 is 27.1 Å². The Morgan fingerprint density at radius 3 is 2.50 bits per heavy atom. The summed E-state index contributed by atoms with van der Waals surface area (Å²) in [4.78, 5) is 20.3. The van der Waals surface area contributed by atoms with E-state index >= 15 is 0 Å². The Balaban J connectivity index is 1.71. The molecule has 0 bridgehead atoms. The Bertz CT molecular complexity index is 1230. The molecule has 0 atom stereocenters. The quantitative estimate of drug-likeness (QED) is 0.527. The summed E-state index contributed by atoms with van der Waals surface area (Å²) in [6, 6.07) is 8.93. The fourth-order valence-corrected chi connectivity index (χ4v) is 3.40. The van der Waals surface area contributed by atoms with Gasteiger partial charge in [-0.3, -0.25) is 4.79 Å². The molecule has 1 aromatic heterocycles. The highest BCUT2D eigenvalue weighted by Crippen LogP contribution is 2.25. The number of hydrogen-bond acceptors (Lipinski definition) is 8. The average Bonchev–Trinajstić information content (AvgIpc) is 2.78. The third-order valence-corrected chi connectivity index (χ3v) is 5.47. The minimum Gasteiger partial charge on any atom is -0.494 e. The Morgan fingerprint density at radius 1 is 1.16 bits per heavy atom. The van der Waals surface area contributed by atoms with Gasteiger partial charge in [-0.1, -0.05) is 6.07 Å². The number of halogens is 1. The summed E-state index contributed by atoms with van der Waals surface area (Å²) in [5.41, 5.74) is 0.862. The van der Waals surface area contributed by atoms with Crippen molar-refractivity contribution in [1.29, 1.82) is 0 Å². The fourth-order valence-electron chi connectivity index (χ4n) is 2.73. The number of anilines is 2. The highest BCUT2D eigenvalue weighted by Gasteiger charge is 2.16. The molecule has 0 radical (unpaired) electrons. The second kappa shape index (κ2) is 9.60. The Labute approximate surface area is 184 Å².